The van der Waals surface area contributed by atoms with Crippen LogP contribution in [0.15, 0.2) is 40.0 Å². The standard InChI is InChI=1S/C13H8FN3O3S2/c1-22(19)11-5-9-12(21-11)13(16-6-15-9)20-10-3-2-7(17-18)4-8(10)14/h2-6H,1H3. The van der Waals surface area contributed by atoms with Gasteiger partial charge in [-0.25, -0.2) is 14.4 Å². The molecule has 2 heterocycles. The smallest absolute Gasteiger partial charge is 0.240 e. The summed E-state index contributed by atoms with van der Waals surface area (Å²) in [4.78, 5) is 18.4. The molecule has 3 aromatic rings. The quantitative estimate of drug-likeness (QED) is 0.677. The Balaban J connectivity index is 2.03. The largest absolute Gasteiger partial charge is 0.434 e. The van der Waals surface area contributed by atoms with E-state index in [4.69, 9.17) is 4.74 Å². The van der Waals surface area contributed by atoms with E-state index in [9.17, 15) is 13.5 Å². The summed E-state index contributed by atoms with van der Waals surface area (Å²) in [7, 11) is -1.15. The number of fused-ring (bicyclic) bond motifs is 1. The third-order valence-electron chi connectivity index (χ3n) is 2.77. The maximum atomic E-state index is 13.8. The van der Waals surface area contributed by atoms with Crippen molar-refractivity contribution in [2.75, 3.05) is 6.26 Å². The Labute approximate surface area is 130 Å². The van der Waals surface area contributed by atoms with Crippen molar-refractivity contribution in [3.63, 3.8) is 0 Å². The van der Waals surface area contributed by atoms with Gasteiger partial charge >= 0.3 is 0 Å². The number of halogens is 1. The van der Waals surface area contributed by atoms with Crippen molar-refractivity contribution in [2.45, 2.75) is 4.21 Å². The highest BCUT2D eigenvalue weighted by atomic mass is 32.2. The first-order chi connectivity index (χ1) is 10.6. The van der Waals surface area contributed by atoms with Crippen LogP contribution in [0.4, 0.5) is 10.1 Å². The Morgan fingerprint density at radius 2 is 2.14 bits per heavy atom. The average molecular weight is 337 g/mol. The lowest BCUT2D eigenvalue weighted by Gasteiger charge is -2.06. The van der Waals surface area contributed by atoms with E-state index in [1.54, 1.807) is 12.3 Å². The monoisotopic (exact) mass is 337 g/mol. The molecule has 1 unspecified atom stereocenters. The van der Waals surface area contributed by atoms with Crippen LogP contribution in [0.5, 0.6) is 11.6 Å². The molecule has 0 saturated carbocycles. The number of hydrogen-bond acceptors (Lipinski definition) is 7. The molecule has 0 N–H and O–H groups in total. The van der Waals surface area contributed by atoms with Crippen molar-refractivity contribution in [2.24, 2.45) is 5.18 Å². The summed E-state index contributed by atoms with van der Waals surface area (Å²) in [5, 5.41) is 2.65. The molecule has 3 rings (SSSR count). The van der Waals surface area contributed by atoms with Crippen LogP contribution in [0.25, 0.3) is 10.2 Å². The second kappa shape index (κ2) is 5.85. The van der Waals surface area contributed by atoms with Gasteiger partial charge < -0.3 is 4.74 Å². The maximum Gasteiger partial charge on any atom is 0.240 e. The van der Waals surface area contributed by atoms with Crippen LogP contribution in [0.1, 0.15) is 0 Å². The third kappa shape index (κ3) is 2.72. The fraction of sp³-hybridized carbons (Fsp3) is 0.0769. The Bertz CT molecular complexity index is 897. The highest BCUT2D eigenvalue weighted by molar-refractivity contribution is 7.86. The molecule has 0 bridgehead atoms. The Morgan fingerprint density at radius 3 is 2.82 bits per heavy atom. The van der Waals surface area contributed by atoms with E-state index in [1.165, 1.54) is 29.8 Å². The van der Waals surface area contributed by atoms with Crippen LogP contribution < -0.4 is 4.74 Å². The summed E-state index contributed by atoms with van der Waals surface area (Å²) in [6.45, 7) is 0. The van der Waals surface area contributed by atoms with Gasteiger partial charge in [0.25, 0.3) is 0 Å². The molecule has 0 saturated heterocycles. The zero-order chi connectivity index (χ0) is 15.7. The number of nitroso groups, excluding NO2 is 1. The number of nitrogens with zero attached hydrogens (tertiary/aromatic N) is 3. The van der Waals surface area contributed by atoms with E-state index in [0.717, 1.165) is 6.07 Å². The van der Waals surface area contributed by atoms with E-state index in [1.807, 2.05) is 0 Å². The van der Waals surface area contributed by atoms with E-state index in [2.05, 4.69) is 15.1 Å². The molecular formula is C13H8FN3O3S2. The molecule has 112 valence electrons. The zero-order valence-electron chi connectivity index (χ0n) is 11.1. The highest BCUT2D eigenvalue weighted by Crippen LogP contribution is 2.35. The topological polar surface area (TPSA) is 81.5 Å². The van der Waals surface area contributed by atoms with Crippen molar-refractivity contribution in [3.05, 3.63) is 41.3 Å². The minimum atomic E-state index is -1.15. The fourth-order valence-corrected chi connectivity index (χ4v) is 3.53. The van der Waals surface area contributed by atoms with Gasteiger partial charge in [-0.2, -0.15) is 0 Å². The minimum absolute atomic E-state index is 0.0301. The van der Waals surface area contributed by atoms with Crippen molar-refractivity contribution < 1.29 is 13.3 Å². The summed E-state index contributed by atoms with van der Waals surface area (Å²) < 4.78 is 32.0. The maximum absolute atomic E-state index is 13.8. The first-order valence-electron chi connectivity index (χ1n) is 5.97. The summed E-state index contributed by atoms with van der Waals surface area (Å²) in [6, 6.07) is 5.29. The molecule has 2 aromatic heterocycles. The molecule has 0 radical (unpaired) electrons. The van der Waals surface area contributed by atoms with Gasteiger partial charge in [-0.3, -0.25) is 4.21 Å². The van der Waals surface area contributed by atoms with Gasteiger partial charge in [0.05, 0.1) is 20.5 Å². The second-order valence-corrected chi connectivity index (χ2v) is 6.88. The summed E-state index contributed by atoms with van der Waals surface area (Å²) in [6.07, 6.45) is 2.84. The molecule has 6 nitrogen and oxygen atoms in total. The lowest BCUT2D eigenvalue weighted by molar-refractivity contribution is 0.432. The molecule has 0 amide bonds. The Hall–Kier alpha value is -2.26. The van der Waals surface area contributed by atoms with E-state index < -0.39 is 16.6 Å². The van der Waals surface area contributed by atoms with E-state index in [0.29, 0.717) is 14.4 Å². The zero-order valence-corrected chi connectivity index (χ0v) is 12.8. The first kappa shape index (κ1) is 14.7. The van der Waals surface area contributed by atoms with Gasteiger partial charge in [-0.05, 0) is 23.4 Å². The number of benzene rings is 1. The molecule has 1 atom stereocenters. The summed E-state index contributed by atoms with van der Waals surface area (Å²) in [5.41, 5.74) is 0.546. The van der Waals surface area contributed by atoms with Crippen LogP contribution in [0, 0.1) is 10.7 Å². The predicted octanol–water partition coefficient (Wildman–Crippen LogP) is 3.76. The van der Waals surface area contributed by atoms with Crippen molar-refractivity contribution >= 4 is 38.0 Å². The second-order valence-electron chi connectivity index (χ2n) is 4.22. The lowest BCUT2D eigenvalue weighted by atomic mass is 10.3. The van der Waals surface area contributed by atoms with Crippen molar-refractivity contribution in [1.29, 1.82) is 0 Å². The van der Waals surface area contributed by atoms with Crippen molar-refractivity contribution in [3.8, 4) is 11.6 Å². The van der Waals surface area contributed by atoms with Gasteiger partial charge in [0.1, 0.15) is 16.7 Å². The normalized spacial score (nSPS) is 12.3. The molecule has 1 aromatic carbocycles. The van der Waals surface area contributed by atoms with Crippen LogP contribution in [0.3, 0.4) is 0 Å². The highest BCUT2D eigenvalue weighted by Gasteiger charge is 2.14. The van der Waals surface area contributed by atoms with Gasteiger partial charge in [-0.15, -0.1) is 16.2 Å². The van der Waals surface area contributed by atoms with Gasteiger partial charge in [0.15, 0.2) is 11.6 Å². The van der Waals surface area contributed by atoms with Crippen LogP contribution >= 0.6 is 11.3 Å². The first-order valence-corrected chi connectivity index (χ1v) is 8.34. The summed E-state index contributed by atoms with van der Waals surface area (Å²) in [5.74, 6) is -0.642. The summed E-state index contributed by atoms with van der Waals surface area (Å²) >= 11 is 1.22. The average Bonchev–Trinajstić information content (AvgIpc) is 2.94. The number of ether oxygens (including phenoxy) is 1. The number of aromatic nitrogens is 2. The third-order valence-corrected chi connectivity index (χ3v) is 5.31. The molecule has 0 aliphatic heterocycles. The molecule has 0 aliphatic carbocycles. The van der Waals surface area contributed by atoms with E-state index >= 15 is 0 Å². The van der Waals surface area contributed by atoms with Gasteiger partial charge in [0.2, 0.25) is 5.88 Å². The Kier molecular flexibility index (Phi) is 3.90. The lowest BCUT2D eigenvalue weighted by Crippen LogP contribution is -1.91. The molecule has 0 spiro atoms. The van der Waals surface area contributed by atoms with Gasteiger partial charge in [-0.1, -0.05) is 0 Å². The van der Waals surface area contributed by atoms with Crippen molar-refractivity contribution in [1.82, 2.24) is 9.97 Å². The van der Waals surface area contributed by atoms with E-state index in [-0.39, 0.29) is 17.3 Å². The number of thiophene rings is 1. The van der Waals surface area contributed by atoms with Gasteiger partial charge in [0, 0.05) is 12.3 Å². The molecule has 0 aliphatic rings. The van der Waals surface area contributed by atoms with Crippen LogP contribution in [0.2, 0.25) is 0 Å². The SMILES string of the molecule is CS(=O)c1cc2ncnc(Oc3ccc(N=O)cc3F)c2s1. The molecule has 9 heteroatoms. The number of rotatable bonds is 4. The molecule has 0 fully saturated rings. The minimum Gasteiger partial charge on any atom is -0.434 e. The fourth-order valence-electron chi connectivity index (χ4n) is 1.76. The Morgan fingerprint density at radius 1 is 1.32 bits per heavy atom. The number of hydrogen-bond donors (Lipinski definition) is 0. The predicted molar refractivity (Wildman–Crippen MR) is 81.7 cm³/mol. The molecular weight excluding hydrogens is 329 g/mol. The van der Waals surface area contributed by atoms with Crippen LogP contribution in [-0.2, 0) is 10.8 Å². The molecule has 22 heavy (non-hydrogen) atoms. The van der Waals surface area contributed by atoms with Crippen LogP contribution in [-0.4, -0.2) is 20.4 Å².